The molecular formula is C11H14N4O4S. The Bertz CT molecular complexity index is 781. The highest BCUT2D eigenvalue weighted by Crippen LogP contribution is 2.20. The van der Waals surface area contributed by atoms with E-state index in [2.05, 4.69) is 14.8 Å². The Morgan fingerprint density at radius 1 is 1.50 bits per heavy atom. The second-order valence-electron chi connectivity index (χ2n) is 4.43. The van der Waals surface area contributed by atoms with Gasteiger partial charge in [-0.3, -0.25) is 14.2 Å². The largest absolute Gasteiger partial charge is 0.480 e. The minimum Gasteiger partial charge on any atom is -0.480 e. The molecule has 1 unspecified atom stereocenters. The molecule has 1 atom stereocenters. The van der Waals surface area contributed by atoms with Gasteiger partial charge in [0.15, 0.2) is 10.9 Å². The van der Waals surface area contributed by atoms with Crippen molar-refractivity contribution in [3.63, 3.8) is 0 Å². The number of carbonyl (C=O) groups is 1. The molecule has 108 valence electrons. The number of aromatic nitrogens is 3. The summed E-state index contributed by atoms with van der Waals surface area (Å²) in [4.78, 5) is 14.9. The summed E-state index contributed by atoms with van der Waals surface area (Å²) in [6.45, 7) is 2.88. The van der Waals surface area contributed by atoms with Crippen molar-refractivity contribution < 1.29 is 18.3 Å². The van der Waals surface area contributed by atoms with Gasteiger partial charge >= 0.3 is 5.97 Å². The first-order chi connectivity index (χ1) is 9.22. The summed E-state index contributed by atoms with van der Waals surface area (Å²) in [7, 11) is -2.27. The summed E-state index contributed by atoms with van der Waals surface area (Å²) in [5.74, 6) is -1.41. The zero-order valence-corrected chi connectivity index (χ0v) is 12.0. The molecular weight excluding hydrogens is 284 g/mol. The Morgan fingerprint density at radius 3 is 2.75 bits per heavy atom. The molecule has 9 heteroatoms. The highest BCUT2D eigenvalue weighted by molar-refractivity contribution is 7.94. The minimum atomic E-state index is -4.00. The molecule has 0 saturated heterocycles. The van der Waals surface area contributed by atoms with Crippen molar-refractivity contribution in [3.05, 3.63) is 18.0 Å². The average Bonchev–Trinajstić information content (AvgIpc) is 2.63. The van der Waals surface area contributed by atoms with Crippen molar-refractivity contribution in [1.82, 2.24) is 14.8 Å². The summed E-state index contributed by atoms with van der Waals surface area (Å²) >= 11 is 0. The van der Waals surface area contributed by atoms with Gasteiger partial charge < -0.3 is 5.11 Å². The fraction of sp³-hybridized carbons (Fsp3) is 0.364. The van der Waals surface area contributed by atoms with Crippen molar-refractivity contribution in [2.45, 2.75) is 19.1 Å². The molecule has 20 heavy (non-hydrogen) atoms. The van der Waals surface area contributed by atoms with Crippen LogP contribution in [0, 0.1) is 6.92 Å². The van der Waals surface area contributed by atoms with Crippen LogP contribution in [0.15, 0.2) is 12.3 Å². The molecule has 0 aromatic carbocycles. The molecule has 0 aliphatic carbocycles. The molecule has 0 radical (unpaired) electrons. The first-order valence-electron chi connectivity index (χ1n) is 5.76. The van der Waals surface area contributed by atoms with Gasteiger partial charge in [0, 0.05) is 12.4 Å². The predicted molar refractivity (Wildman–Crippen MR) is 72.9 cm³/mol. The minimum absolute atomic E-state index is 0.210. The smallest absolute Gasteiger partial charge is 0.323 e. The van der Waals surface area contributed by atoms with Gasteiger partial charge in [0.2, 0.25) is 10.0 Å². The van der Waals surface area contributed by atoms with Crippen LogP contribution >= 0.6 is 0 Å². The zero-order chi connectivity index (χ0) is 15.1. The van der Waals surface area contributed by atoms with E-state index >= 15 is 0 Å². The number of rotatable bonds is 4. The van der Waals surface area contributed by atoms with Gasteiger partial charge in [-0.25, -0.2) is 13.4 Å². The maximum absolute atomic E-state index is 11.8. The molecule has 0 aliphatic rings. The summed E-state index contributed by atoms with van der Waals surface area (Å²) in [5, 5.41) is 12.1. The lowest BCUT2D eigenvalue weighted by Crippen LogP contribution is -2.32. The van der Waals surface area contributed by atoms with E-state index in [0.29, 0.717) is 16.7 Å². The molecule has 0 spiro atoms. The molecule has 0 aliphatic heterocycles. The van der Waals surface area contributed by atoms with Gasteiger partial charge in [-0.1, -0.05) is 0 Å². The van der Waals surface area contributed by atoms with Gasteiger partial charge in [-0.2, -0.15) is 5.10 Å². The molecule has 2 heterocycles. The van der Waals surface area contributed by atoms with Crippen molar-refractivity contribution in [2.24, 2.45) is 7.05 Å². The van der Waals surface area contributed by atoms with Gasteiger partial charge in [-0.05, 0) is 19.9 Å². The van der Waals surface area contributed by atoms with Crippen molar-refractivity contribution in [1.29, 1.82) is 0 Å². The zero-order valence-electron chi connectivity index (χ0n) is 11.2. The van der Waals surface area contributed by atoms with Crippen molar-refractivity contribution in [3.8, 4) is 0 Å². The second kappa shape index (κ2) is 4.75. The number of carboxylic acid groups (broad SMARTS) is 1. The maximum atomic E-state index is 11.8. The molecule has 2 aromatic rings. The van der Waals surface area contributed by atoms with Crippen LogP contribution in [-0.4, -0.2) is 39.5 Å². The number of aliphatic carboxylic acids is 1. The fourth-order valence-corrected chi connectivity index (χ4v) is 2.63. The van der Waals surface area contributed by atoms with E-state index in [-0.39, 0.29) is 5.69 Å². The molecule has 8 nitrogen and oxygen atoms in total. The van der Waals surface area contributed by atoms with Crippen LogP contribution in [0.4, 0.5) is 5.69 Å². The van der Waals surface area contributed by atoms with Crippen LogP contribution in [-0.2, 0) is 21.9 Å². The van der Waals surface area contributed by atoms with Crippen LogP contribution < -0.4 is 4.72 Å². The molecule has 2 aromatic heterocycles. The quantitative estimate of drug-likeness (QED) is 0.849. The van der Waals surface area contributed by atoms with Crippen LogP contribution in [0.1, 0.15) is 12.6 Å². The number of hydrogen-bond donors (Lipinski definition) is 2. The van der Waals surface area contributed by atoms with E-state index in [1.54, 1.807) is 24.7 Å². The highest BCUT2D eigenvalue weighted by Gasteiger charge is 2.27. The van der Waals surface area contributed by atoms with E-state index in [1.165, 1.54) is 6.20 Å². The topological polar surface area (TPSA) is 114 Å². The molecule has 0 fully saturated rings. The van der Waals surface area contributed by atoms with Gasteiger partial charge in [0.25, 0.3) is 0 Å². The number of nitrogens with zero attached hydrogens (tertiary/aromatic N) is 3. The summed E-state index contributed by atoms with van der Waals surface area (Å²) < 4.78 is 27.5. The predicted octanol–water partition coefficient (Wildman–Crippen LogP) is 0.492. The number of hydrogen-bond acceptors (Lipinski definition) is 5. The number of sulfonamides is 1. The fourth-order valence-electron chi connectivity index (χ4n) is 1.75. The summed E-state index contributed by atoms with van der Waals surface area (Å²) in [6.07, 6.45) is 1.33. The van der Waals surface area contributed by atoms with Crippen molar-refractivity contribution >= 4 is 32.7 Å². The molecule has 2 N–H and O–H groups in total. The van der Waals surface area contributed by atoms with E-state index < -0.39 is 21.2 Å². The highest BCUT2D eigenvalue weighted by atomic mass is 32.2. The lowest BCUT2D eigenvalue weighted by atomic mass is 10.3. The van der Waals surface area contributed by atoms with Gasteiger partial charge in [-0.15, -0.1) is 0 Å². The van der Waals surface area contributed by atoms with Crippen LogP contribution in [0.25, 0.3) is 11.0 Å². The number of fused-ring (bicyclic) bond motifs is 1. The summed E-state index contributed by atoms with van der Waals surface area (Å²) in [5.41, 5.74) is 1.54. The Balaban J connectivity index is 2.40. The van der Waals surface area contributed by atoms with Gasteiger partial charge in [0.1, 0.15) is 0 Å². The van der Waals surface area contributed by atoms with Gasteiger partial charge in [0.05, 0.1) is 17.6 Å². The Kier molecular flexibility index (Phi) is 3.38. The van der Waals surface area contributed by atoms with Crippen LogP contribution in [0.2, 0.25) is 0 Å². The lowest BCUT2D eigenvalue weighted by molar-refractivity contribution is -0.136. The summed E-state index contributed by atoms with van der Waals surface area (Å²) in [6, 6.07) is 1.58. The lowest BCUT2D eigenvalue weighted by Gasteiger charge is -2.10. The maximum Gasteiger partial charge on any atom is 0.323 e. The molecule has 0 amide bonds. The number of pyridine rings is 1. The SMILES string of the molecule is Cc1nn(C)c2ncc(NS(=O)(=O)C(C)C(=O)O)cc12. The van der Waals surface area contributed by atoms with Crippen LogP contribution in [0.5, 0.6) is 0 Å². The third-order valence-electron chi connectivity index (χ3n) is 2.94. The monoisotopic (exact) mass is 298 g/mol. The van der Waals surface area contributed by atoms with E-state index in [9.17, 15) is 13.2 Å². The first kappa shape index (κ1) is 14.3. The average molecular weight is 298 g/mol. The van der Waals surface area contributed by atoms with E-state index in [0.717, 1.165) is 6.92 Å². The molecule has 0 saturated carbocycles. The Morgan fingerprint density at radius 2 is 2.15 bits per heavy atom. The first-order valence-corrected chi connectivity index (χ1v) is 7.31. The standard InChI is InChI=1S/C11H14N4O4S/c1-6-9-4-8(5-12-10(9)15(3)13-6)14-20(18,19)7(2)11(16)17/h4-5,7,14H,1-3H3,(H,16,17). The van der Waals surface area contributed by atoms with E-state index in [4.69, 9.17) is 5.11 Å². The molecule has 0 bridgehead atoms. The normalized spacial score (nSPS) is 13.3. The third-order valence-corrected chi connectivity index (χ3v) is 4.59. The number of carboxylic acids is 1. The Hall–Kier alpha value is -2.16. The number of aryl methyl sites for hydroxylation is 2. The number of anilines is 1. The van der Waals surface area contributed by atoms with E-state index in [1.807, 2.05) is 0 Å². The third kappa shape index (κ3) is 2.44. The van der Waals surface area contributed by atoms with Crippen molar-refractivity contribution in [2.75, 3.05) is 4.72 Å². The van der Waals surface area contributed by atoms with Crippen LogP contribution in [0.3, 0.4) is 0 Å². The second-order valence-corrected chi connectivity index (χ2v) is 6.43. The Labute approximate surface area is 115 Å². The number of nitrogens with one attached hydrogen (secondary N) is 1. The molecule has 2 rings (SSSR count).